The van der Waals surface area contributed by atoms with Gasteiger partial charge in [0, 0.05) is 36.1 Å². The Balaban J connectivity index is 1.48. The SMILES string of the molecule is CC(C)Cn1nc(C(=O)O)c2c1CCC(NCc1n[nH]c3c1CCC3)C2. The van der Waals surface area contributed by atoms with Crippen LogP contribution in [0.5, 0.6) is 0 Å². The molecule has 3 N–H and O–H groups in total. The molecule has 2 aromatic heterocycles. The lowest BCUT2D eigenvalue weighted by atomic mass is 9.91. The molecular formula is C19H27N5O2. The molecule has 2 aromatic rings. The number of hydrogen-bond donors (Lipinski definition) is 3. The highest BCUT2D eigenvalue weighted by Crippen LogP contribution is 2.27. The number of fused-ring (bicyclic) bond motifs is 2. The third-order valence-electron chi connectivity index (χ3n) is 5.54. The summed E-state index contributed by atoms with van der Waals surface area (Å²) in [5.74, 6) is -0.479. The first kappa shape index (κ1) is 17.3. The first-order valence-corrected chi connectivity index (χ1v) is 9.63. The van der Waals surface area contributed by atoms with Gasteiger partial charge in [-0.25, -0.2) is 4.79 Å². The van der Waals surface area contributed by atoms with Crippen LogP contribution in [0.4, 0.5) is 0 Å². The third-order valence-corrected chi connectivity index (χ3v) is 5.54. The van der Waals surface area contributed by atoms with Crippen molar-refractivity contribution >= 4 is 5.97 Å². The summed E-state index contributed by atoms with van der Waals surface area (Å²) in [6.07, 6.45) is 6.03. The Bertz CT molecular complexity index is 820. The highest BCUT2D eigenvalue weighted by Gasteiger charge is 2.29. The molecule has 1 atom stereocenters. The van der Waals surface area contributed by atoms with Crippen molar-refractivity contribution in [3.63, 3.8) is 0 Å². The zero-order chi connectivity index (χ0) is 18.3. The van der Waals surface area contributed by atoms with Crippen LogP contribution in [0.1, 0.15) is 65.4 Å². The number of carboxylic acid groups (broad SMARTS) is 1. The van der Waals surface area contributed by atoms with E-state index in [-0.39, 0.29) is 11.7 Å². The monoisotopic (exact) mass is 357 g/mol. The molecular weight excluding hydrogens is 330 g/mol. The summed E-state index contributed by atoms with van der Waals surface area (Å²) in [6.45, 7) is 5.77. The molecule has 4 rings (SSSR count). The van der Waals surface area contributed by atoms with Crippen molar-refractivity contribution < 1.29 is 9.90 Å². The van der Waals surface area contributed by atoms with Crippen LogP contribution in [0.3, 0.4) is 0 Å². The fraction of sp³-hybridized carbons (Fsp3) is 0.632. The lowest BCUT2D eigenvalue weighted by Gasteiger charge is -2.24. The summed E-state index contributed by atoms with van der Waals surface area (Å²) >= 11 is 0. The average Bonchev–Trinajstić information content (AvgIpc) is 3.27. The Labute approximate surface area is 153 Å². The molecule has 0 spiro atoms. The van der Waals surface area contributed by atoms with E-state index in [9.17, 15) is 9.90 Å². The van der Waals surface area contributed by atoms with Gasteiger partial charge in [0.2, 0.25) is 0 Å². The van der Waals surface area contributed by atoms with Gasteiger partial charge in [0.1, 0.15) is 0 Å². The van der Waals surface area contributed by atoms with Crippen molar-refractivity contribution in [2.75, 3.05) is 0 Å². The number of nitrogens with one attached hydrogen (secondary N) is 2. The predicted octanol–water partition coefficient (Wildman–Crippen LogP) is 2.10. The Kier molecular flexibility index (Phi) is 4.56. The van der Waals surface area contributed by atoms with E-state index in [1.165, 1.54) is 17.7 Å². The first-order chi connectivity index (χ1) is 12.5. The summed E-state index contributed by atoms with van der Waals surface area (Å²) in [4.78, 5) is 11.6. The summed E-state index contributed by atoms with van der Waals surface area (Å²) in [5.41, 5.74) is 6.04. The van der Waals surface area contributed by atoms with Crippen molar-refractivity contribution in [1.82, 2.24) is 25.3 Å². The number of H-pyrrole nitrogens is 1. The fourth-order valence-corrected chi connectivity index (χ4v) is 4.31. The number of aryl methyl sites for hydroxylation is 1. The van der Waals surface area contributed by atoms with E-state index in [0.717, 1.165) is 62.1 Å². The Hall–Kier alpha value is -2.15. The quantitative estimate of drug-likeness (QED) is 0.736. The number of aromatic amines is 1. The molecule has 2 aliphatic carbocycles. The van der Waals surface area contributed by atoms with Crippen LogP contribution in [-0.2, 0) is 38.8 Å². The Morgan fingerprint density at radius 1 is 1.35 bits per heavy atom. The van der Waals surface area contributed by atoms with Gasteiger partial charge in [-0.1, -0.05) is 13.8 Å². The highest BCUT2D eigenvalue weighted by atomic mass is 16.4. The van der Waals surface area contributed by atoms with Gasteiger partial charge in [-0.3, -0.25) is 9.78 Å². The molecule has 140 valence electrons. The van der Waals surface area contributed by atoms with Crippen LogP contribution in [0, 0.1) is 5.92 Å². The third kappa shape index (κ3) is 3.16. The van der Waals surface area contributed by atoms with E-state index in [1.807, 2.05) is 4.68 Å². The second-order valence-electron chi connectivity index (χ2n) is 7.96. The number of aromatic carboxylic acids is 1. The van der Waals surface area contributed by atoms with Crippen LogP contribution in [-0.4, -0.2) is 37.1 Å². The fourth-order valence-electron chi connectivity index (χ4n) is 4.31. The predicted molar refractivity (Wildman–Crippen MR) is 97.3 cm³/mol. The minimum Gasteiger partial charge on any atom is -0.476 e. The Morgan fingerprint density at radius 2 is 2.19 bits per heavy atom. The van der Waals surface area contributed by atoms with Crippen LogP contribution in [0.25, 0.3) is 0 Å². The highest BCUT2D eigenvalue weighted by molar-refractivity contribution is 5.87. The molecule has 2 heterocycles. The zero-order valence-electron chi connectivity index (χ0n) is 15.5. The summed E-state index contributed by atoms with van der Waals surface area (Å²) in [5, 5.41) is 25.1. The molecule has 26 heavy (non-hydrogen) atoms. The maximum Gasteiger partial charge on any atom is 0.356 e. The van der Waals surface area contributed by atoms with Crippen LogP contribution < -0.4 is 5.32 Å². The van der Waals surface area contributed by atoms with Crippen molar-refractivity contribution in [1.29, 1.82) is 0 Å². The molecule has 0 aromatic carbocycles. The van der Waals surface area contributed by atoms with Crippen molar-refractivity contribution in [3.8, 4) is 0 Å². The second-order valence-corrected chi connectivity index (χ2v) is 7.96. The largest absolute Gasteiger partial charge is 0.476 e. The minimum atomic E-state index is -0.922. The zero-order valence-corrected chi connectivity index (χ0v) is 15.5. The van der Waals surface area contributed by atoms with Gasteiger partial charge in [0.15, 0.2) is 5.69 Å². The average molecular weight is 357 g/mol. The lowest BCUT2D eigenvalue weighted by Crippen LogP contribution is -2.35. The molecule has 0 aliphatic heterocycles. The lowest BCUT2D eigenvalue weighted by molar-refractivity contribution is 0.0688. The number of rotatable bonds is 6. The molecule has 0 saturated heterocycles. The maximum absolute atomic E-state index is 11.6. The van der Waals surface area contributed by atoms with Gasteiger partial charge in [-0.2, -0.15) is 10.2 Å². The normalized spacial score (nSPS) is 19.0. The number of carbonyl (C=O) groups is 1. The molecule has 0 radical (unpaired) electrons. The standard InChI is InChI=1S/C19H27N5O2/c1-11(2)10-24-17-7-6-12(8-14(17)18(23-24)19(25)26)20-9-16-13-4-3-5-15(13)21-22-16/h11-12,20H,3-10H2,1-2H3,(H,21,22)(H,25,26). The van der Waals surface area contributed by atoms with Gasteiger partial charge < -0.3 is 10.4 Å². The molecule has 7 nitrogen and oxygen atoms in total. The topological polar surface area (TPSA) is 95.8 Å². The molecule has 7 heteroatoms. The van der Waals surface area contributed by atoms with E-state index < -0.39 is 5.97 Å². The van der Waals surface area contributed by atoms with Gasteiger partial charge in [-0.15, -0.1) is 0 Å². The van der Waals surface area contributed by atoms with E-state index in [4.69, 9.17) is 0 Å². The maximum atomic E-state index is 11.6. The summed E-state index contributed by atoms with van der Waals surface area (Å²) in [6, 6.07) is 0.269. The number of carboxylic acids is 1. The molecule has 0 fully saturated rings. The molecule has 2 aliphatic rings. The second kappa shape index (κ2) is 6.87. The van der Waals surface area contributed by atoms with Crippen LogP contribution in [0.15, 0.2) is 0 Å². The smallest absolute Gasteiger partial charge is 0.356 e. The van der Waals surface area contributed by atoms with Crippen LogP contribution >= 0.6 is 0 Å². The van der Waals surface area contributed by atoms with Gasteiger partial charge in [0.05, 0.1) is 5.69 Å². The minimum absolute atomic E-state index is 0.229. The van der Waals surface area contributed by atoms with Gasteiger partial charge in [0.25, 0.3) is 0 Å². The summed E-state index contributed by atoms with van der Waals surface area (Å²) in [7, 11) is 0. The number of hydrogen-bond acceptors (Lipinski definition) is 4. The number of aromatic nitrogens is 4. The molecule has 0 amide bonds. The van der Waals surface area contributed by atoms with E-state index in [0.29, 0.717) is 5.92 Å². The van der Waals surface area contributed by atoms with E-state index in [2.05, 4.69) is 34.5 Å². The number of nitrogens with zero attached hydrogens (tertiary/aromatic N) is 3. The summed E-state index contributed by atoms with van der Waals surface area (Å²) < 4.78 is 1.92. The van der Waals surface area contributed by atoms with E-state index in [1.54, 1.807) is 0 Å². The van der Waals surface area contributed by atoms with Crippen LogP contribution in [0.2, 0.25) is 0 Å². The Morgan fingerprint density at radius 3 is 2.96 bits per heavy atom. The van der Waals surface area contributed by atoms with Crippen molar-refractivity contribution in [3.05, 3.63) is 33.9 Å². The molecule has 0 saturated carbocycles. The van der Waals surface area contributed by atoms with Gasteiger partial charge >= 0.3 is 5.97 Å². The van der Waals surface area contributed by atoms with Gasteiger partial charge in [-0.05, 0) is 50.0 Å². The van der Waals surface area contributed by atoms with E-state index >= 15 is 0 Å². The molecule has 0 bridgehead atoms. The van der Waals surface area contributed by atoms with Crippen molar-refractivity contribution in [2.24, 2.45) is 5.92 Å². The first-order valence-electron chi connectivity index (χ1n) is 9.63. The van der Waals surface area contributed by atoms with Crippen molar-refractivity contribution in [2.45, 2.75) is 71.5 Å². The molecule has 1 unspecified atom stereocenters.